The average molecular weight is 420 g/mol. The van der Waals surface area contributed by atoms with Gasteiger partial charge in [0.2, 0.25) is 5.95 Å². The van der Waals surface area contributed by atoms with Crippen LogP contribution in [0.2, 0.25) is 10.0 Å². The fourth-order valence-corrected chi connectivity index (χ4v) is 4.06. The molecule has 3 rings (SSSR count). The third-order valence-electron chi connectivity index (χ3n) is 4.90. The Hall–Kier alpha value is -1.98. The molecule has 7 heteroatoms. The summed E-state index contributed by atoms with van der Waals surface area (Å²) >= 11 is 12.6. The zero-order valence-corrected chi connectivity index (χ0v) is 18.4. The van der Waals surface area contributed by atoms with Crippen molar-refractivity contribution in [2.24, 2.45) is 0 Å². The van der Waals surface area contributed by atoms with Crippen LogP contribution in [-0.2, 0) is 6.42 Å². The van der Waals surface area contributed by atoms with E-state index in [0.717, 1.165) is 61.1 Å². The molecule has 0 spiro atoms. The summed E-state index contributed by atoms with van der Waals surface area (Å²) in [5.41, 5.74) is 3.03. The van der Waals surface area contributed by atoms with Gasteiger partial charge in [0.25, 0.3) is 0 Å². The lowest BCUT2D eigenvalue weighted by molar-refractivity contribution is 0.841. The topological polar surface area (TPSA) is 36.7 Å². The van der Waals surface area contributed by atoms with Crippen LogP contribution in [0.25, 0.3) is 5.52 Å². The number of halogens is 2. The SMILES string of the molecule is CCCc1nc(N(CC)c2ccc(Cl)cc2Cl)n2ccnc(N(CC)CC)c12. The van der Waals surface area contributed by atoms with Crippen molar-refractivity contribution in [1.82, 2.24) is 14.4 Å². The van der Waals surface area contributed by atoms with Crippen molar-refractivity contribution in [3.05, 3.63) is 46.3 Å². The molecular weight excluding hydrogens is 393 g/mol. The van der Waals surface area contributed by atoms with Crippen LogP contribution in [0.5, 0.6) is 0 Å². The maximum atomic E-state index is 6.51. The maximum Gasteiger partial charge on any atom is 0.215 e. The summed E-state index contributed by atoms with van der Waals surface area (Å²) in [5, 5.41) is 1.23. The Morgan fingerprint density at radius 2 is 1.79 bits per heavy atom. The molecule has 0 aliphatic rings. The van der Waals surface area contributed by atoms with Gasteiger partial charge in [0.05, 0.1) is 16.4 Å². The van der Waals surface area contributed by atoms with E-state index in [1.165, 1.54) is 0 Å². The number of anilines is 3. The monoisotopic (exact) mass is 419 g/mol. The van der Waals surface area contributed by atoms with Gasteiger partial charge in [-0.1, -0.05) is 36.5 Å². The lowest BCUT2D eigenvalue weighted by Crippen LogP contribution is -2.24. The van der Waals surface area contributed by atoms with Gasteiger partial charge in [-0.25, -0.2) is 9.97 Å². The largest absolute Gasteiger partial charge is 0.355 e. The minimum atomic E-state index is 0.612. The highest BCUT2D eigenvalue weighted by Crippen LogP contribution is 2.35. The maximum absolute atomic E-state index is 6.51. The van der Waals surface area contributed by atoms with Crippen LogP contribution < -0.4 is 9.80 Å². The first-order valence-electron chi connectivity index (χ1n) is 9.89. The molecule has 28 heavy (non-hydrogen) atoms. The molecule has 0 aliphatic carbocycles. The zero-order chi connectivity index (χ0) is 20.3. The minimum Gasteiger partial charge on any atom is -0.355 e. The Morgan fingerprint density at radius 3 is 2.39 bits per heavy atom. The molecule has 0 saturated carbocycles. The van der Waals surface area contributed by atoms with E-state index in [0.29, 0.717) is 10.0 Å². The highest BCUT2D eigenvalue weighted by atomic mass is 35.5. The van der Waals surface area contributed by atoms with E-state index in [9.17, 15) is 0 Å². The summed E-state index contributed by atoms with van der Waals surface area (Å²) in [6, 6.07) is 5.57. The van der Waals surface area contributed by atoms with Gasteiger partial charge in [-0.05, 0) is 45.4 Å². The lowest BCUT2D eigenvalue weighted by Gasteiger charge is -2.24. The van der Waals surface area contributed by atoms with Crippen molar-refractivity contribution < 1.29 is 0 Å². The van der Waals surface area contributed by atoms with Gasteiger partial charge in [0.1, 0.15) is 5.52 Å². The Kier molecular flexibility index (Phi) is 6.68. The number of aromatic nitrogens is 3. The average Bonchev–Trinajstić information content (AvgIpc) is 3.04. The Bertz CT molecular complexity index is 949. The predicted octanol–water partition coefficient (Wildman–Crippen LogP) is 5.99. The normalized spacial score (nSPS) is 11.2. The molecule has 150 valence electrons. The van der Waals surface area contributed by atoms with Crippen molar-refractivity contribution in [1.29, 1.82) is 0 Å². The molecule has 0 saturated heterocycles. The fourth-order valence-electron chi connectivity index (χ4n) is 3.55. The third kappa shape index (κ3) is 3.78. The number of benzene rings is 1. The molecule has 0 fully saturated rings. The van der Waals surface area contributed by atoms with Crippen LogP contribution in [0.4, 0.5) is 17.5 Å². The van der Waals surface area contributed by atoms with E-state index >= 15 is 0 Å². The summed E-state index contributed by atoms with van der Waals surface area (Å²) in [6.07, 6.45) is 5.75. The molecule has 2 aromatic heterocycles. The van der Waals surface area contributed by atoms with Gasteiger partial charge >= 0.3 is 0 Å². The van der Waals surface area contributed by atoms with Crippen molar-refractivity contribution in [3.8, 4) is 0 Å². The number of aryl methyl sites for hydroxylation is 1. The van der Waals surface area contributed by atoms with Gasteiger partial charge in [-0.3, -0.25) is 4.40 Å². The van der Waals surface area contributed by atoms with E-state index in [-0.39, 0.29) is 0 Å². The van der Waals surface area contributed by atoms with Gasteiger partial charge in [0, 0.05) is 37.1 Å². The standard InChI is InChI=1S/C21H27Cl2N5/c1-5-9-17-19-20(26(6-2)7-3)24-12-13-28(19)21(25-17)27(8-4)18-11-10-15(22)14-16(18)23/h10-14H,5-9H2,1-4H3. The van der Waals surface area contributed by atoms with E-state index in [2.05, 4.69) is 41.9 Å². The molecular formula is C21H27Cl2N5. The molecule has 1 aromatic carbocycles. The molecule has 0 unspecified atom stereocenters. The number of rotatable bonds is 8. The Labute approximate surface area is 176 Å². The summed E-state index contributed by atoms with van der Waals surface area (Å²) in [6.45, 7) is 11.1. The first kappa shape index (κ1) is 20.7. The predicted molar refractivity (Wildman–Crippen MR) is 120 cm³/mol. The van der Waals surface area contributed by atoms with Crippen LogP contribution >= 0.6 is 23.2 Å². The van der Waals surface area contributed by atoms with Crippen molar-refractivity contribution in [2.75, 3.05) is 29.4 Å². The third-order valence-corrected chi connectivity index (χ3v) is 5.43. The highest BCUT2D eigenvalue weighted by Gasteiger charge is 2.22. The van der Waals surface area contributed by atoms with Crippen LogP contribution in [0.3, 0.4) is 0 Å². The van der Waals surface area contributed by atoms with Gasteiger partial charge in [-0.15, -0.1) is 0 Å². The lowest BCUT2D eigenvalue weighted by atomic mass is 10.2. The summed E-state index contributed by atoms with van der Waals surface area (Å²) in [5.74, 6) is 1.83. The van der Waals surface area contributed by atoms with Crippen LogP contribution in [0.1, 0.15) is 39.8 Å². The molecule has 0 bridgehead atoms. The van der Waals surface area contributed by atoms with Crippen LogP contribution in [0.15, 0.2) is 30.6 Å². The minimum absolute atomic E-state index is 0.612. The first-order chi connectivity index (χ1) is 13.5. The number of hydrogen-bond donors (Lipinski definition) is 0. The molecule has 0 atom stereocenters. The van der Waals surface area contributed by atoms with Gasteiger partial charge < -0.3 is 9.80 Å². The second-order valence-electron chi connectivity index (χ2n) is 6.59. The second kappa shape index (κ2) is 9.01. The summed E-state index contributed by atoms with van der Waals surface area (Å²) < 4.78 is 2.14. The van der Waals surface area contributed by atoms with Crippen molar-refractivity contribution >= 4 is 46.2 Å². The van der Waals surface area contributed by atoms with E-state index in [1.807, 2.05) is 24.5 Å². The van der Waals surface area contributed by atoms with Crippen LogP contribution in [0, 0.1) is 0 Å². The number of hydrogen-bond acceptors (Lipinski definition) is 4. The highest BCUT2D eigenvalue weighted by molar-refractivity contribution is 6.36. The molecule has 0 amide bonds. The van der Waals surface area contributed by atoms with Crippen LogP contribution in [-0.4, -0.2) is 34.0 Å². The number of nitrogens with zero attached hydrogens (tertiary/aromatic N) is 5. The van der Waals surface area contributed by atoms with Gasteiger partial charge in [0.15, 0.2) is 5.82 Å². The van der Waals surface area contributed by atoms with E-state index in [4.69, 9.17) is 33.2 Å². The first-order valence-corrected chi connectivity index (χ1v) is 10.6. The zero-order valence-electron chi connectivity index (χ0n) is 16.9. The van der Waals surface area contributed by atoms with Gasteiger partial charge in [-0.2, -0.15) is 0 Å². The molecule has 3 aromatic rings. The van der Waals surface area contributed by atoms with E-state index < -0.39 is 0 Å². The number of fused-ring (bicyclic) bond motifs is 1. The summed E-state index contributed by atoms with van der Waals surface area (Å²) in [7, 11) is 0. The second-order valence-corrected chi connectivity index (χ2v) is 7.43. The molecule has 2 heterocycles. The molecule has 0 radical (unpaired) electrons. The van der Waals surface area contributed by atoms with Crippen molar-refractivity contribution in [3.63, 3.8) is 0 Å². The Morgan fingerprint density at radius 1 is 1.04 bits per heavy atom. The quantitative estimate of drug-likeness (QED) is 0.448. The fraction of sp³-hybridized carbons (Fsp3) is 0.429. The Balaban J connectivity index is 2.24. The van der Waals surface area contributed by atoms with Crippen molar-refractivity contribution in [2.45, 2.75) is 40.5 Å². The summed E-state index contributed by atoms with van der Waals surface area (Å²) in [4.78, 5) is 14.1. The van der Waals surface area contributed by atoms with E-state index in [1.54, 1.807) is 6.07 Å². The molecule has 0 N–H and O–H groups in total. The smallest absolute Gasteiger partial charge is 0.215 e. The number of imidazole rings is 1. The molecule has 5 nitrogen and oxygen atoms in total. The molecule has 0 aliphatic heterocycles.